The Morgan fingerprint density at radius 2 is 0.591 bits per heavy atom. The first-order valence-corrected chi connectivity index (χ1v) is 43.8. The summed E-state index contributed by atoms with van der Waals surface area (Å²) < 4.78 is 129. The molecule has 9 nitrogen and oxygen atoms in total. The lowest BCUT2D eigenvalue weighted by molar-refractivity contribution is 0.249. The largest absolute Gasteiger partial charge is 0.469 e. The normalized spacial score (nSPS) is 18.9. The molecule has 0 heterocycles. The van der Waals surface area contributed by atoms with Crippen molar-refractivity contribution in [1.82, 2.24) is 0 Å². The van der Waals surface area contributed by atoms with Crippen LogP contribution in [0.5, 0.6) is 0 Å². The van der Waals surface area contributed by atoms with Gasteiger partial charge in [0.2, 0.25) is 0 Å². The second kappa shape index (κ2) is 21.5. The molecule has 44 heavy (non-hydrogen) atoms. The Morgan fingerprint density at radius 3 is 0.864 bits per heavy atom. The molecule has 0 aliphatic rings. The summed E-state index contributed by atoms with van der Waals surface area (Å²) in [6, 6.07) is 1.04. The quantitative estimate of drug-likeness (QED) is 0.112. The van der Waals surface area contributed by atoms with Gasteiger partial charge in [0.25, 0.3) is 0 Å². The van der Waals surface area contributed by atoms with Gasteiger partial charge < -0.3 is 37.0 Å². The summed E-state index contributed by atoms with van der Waals surface area (Å²) >= 11 is 0. The maximum atomic E-state index is 8.95. The molecule has 0 unspecified atom stereocenters. The zero-order chi connectivity index (χ0) is 41.9. The van der Waals surface area contributed by atoms with Gasteiger partial charge in [-0.05, 0) is 130 Å². The first kappa shape index (κ1) is 33.4. The molecule has 0 aliphatic carbocycles. The Balaban J connectivity index is 7.13. The fourth-order valence-electron chi connectivity index (χ4n) is 4.58. The smallest absolute Gasteiger partial charge is 0.420 e. The van der Waals surface area contributed by atoms with Crippen LogP contribution >= 0.6 is 0 Å². The van der Waals surface area contributed by atoms with Crippen LogP contribution in [-0.2, 0) is 37.0 Å². The fourth-order valence-corrected chi connectivity index (χ4v) is 42.0. The van der Waals surface area contributed by atoms with E-state index in [0.717, 1.165) is 0 Å². The van der Waals surface area contributed by atoms with Crippen molar-refractivity contribution in [3.05, 3.63) is 0 Å². The molecule has 0 spiro atoms. The van der Waals surface area contributed by atoms with E-state index in [4.69, 9.17) is 46.9 Å². The average Bonchev–Trinajstić information content (AvgIpc) is 2.67. The van der Waals surface area contributed by atoms with E-state index >= 15 is 0 Å². The molecule has 0 atom stereocenters. The third-order valence-corrected chi connectivity index (χ3v) is 36.5. The van der Waals surface area contributed by atoms with Crippen LogP contribution in [0.1, 0.15) is 6.42 Å². The standard InChI is InChI=1S/C23H72O9Si12/c1-33(2)24-42(25-34(3)4,26-35(5)6)20-19-21-44(30-39(13)14,31-40(15)16)32-41(17,18)22-23-43(27-36(7)8,28-37(9)10)29-38(11)12/h33-40H,19-23H2,1-18H3/i33T,34T,35T,36T,37T,38T,39T,40T. The topological polar surface area (TPSA) is 83.1 Å². The second-order valence-corrected chi connectivity index (χ2v) is 44.8. The summed E-state index contributed by atoms with van der Waals surface area (Å²) in [6.45, 7) is 31.5. The van der Waals surface area contributed by atoms with Gasteiger partial charge in [-0.3, -0.25) is 0 Å². The highest BCUT2D eigenvalue weighted by atomic mass is 28.5. The van der Waals surface area contributed by atoms with Gasteiger partial charge in [-0.1, -0.05) is 0 Å². The molecule has 266 valence electrons. The molecule has 0 radical (unpaired) electrons. The van der Waals surface area contributed by atoms with Crippen molar-refractivity contribution < 1.29 is 37.0 Å². The second-order valence-electron chi connectivity index (χ2n) is 13.3. The van der Waals surface area contributed by atoms with Crippen LogP contribution in [-0.4, -0.2) is 116 Å². The van der Waals surface area contributed by atoms with Gasteiger partial charge in [0.1, 0.15) is 0 Å². The molecule has 0 aromatic carbocycles. The first-order chi connectivity index (χ1) is 22.3. The highest BCUT2D eigenvalue weighted by Crippen LogP contribution is 2.33. The number of hydrogen-bond donors (Lipinski definition) is 0. The van der Waals surface area contributed by atoms with Gasteiger partial charge in [-0.15, -0.1) is 0 Å². The van der Waals surface area contributed by atoms with Gasteiger partial charge >= 0.3 is 26.4 Å². The highest BCUT2D eigenvalue weighted by Gasteiger charge is 2.51. The highest BCUT2D eigenvalue weighted by molar-refractivity contribution is 6.87. The van der Waals surface area contributed by atoms with Crippen LogP contribution in [0.15, 0.2) is 0 Å². The van der Waals surface area contributed by atoms with Crippen LogP contribution < -0.4 is 0 Å². The lowest BCUT2D eigenvalue weighted by Crippen LogP contribution is -2.58. The van der Waals surface area contributed by atoms with Crippen LogP contribution in [0.25, 0.3) is 0 Å². The van der Waals surface area contributed by atoms with E-state index in [1.807, 2.05) is 13.1 Å². The van der Waals surface area contributed by atoms with E-state index < -0.39 is 107 Å². The molecule has 0 bridgehead atoms. The average molecular weight is 846 g/mol. The molecular weight excluding hydrogens is 757 g/mol. The van der Waals surface area contributed by atoms with Crippen molar-refractivity contribution in [1.29, 1.82) is 9.88 Å². The minimum absolute atomic E-state index is 0.195. The fraction of sp³-hybridized carbons (Fsp3) is 1.00. The van der Waals surface area contributed by atoms with E-state index in [9.17, 15) is 0 Å². The number of rotatable bonds is 25. The molecule has 0 amide bonds. The van der Waals surface area contributed by atoms with Gasteiger partial charge in [0, 0.05) is 28.0 Å². The van der Waals surface area contributed by atoms with E-state index in [1.165, 1.54) is 0 Å². The van der Waals surface area contributed by atoms with Crippen molar-refractivity contribution >= 4 is 107 Å². The monoisotopic (exact) mass is 844 g/mol. The molecule has 0 N–H and O–H groups in total. The lowest BCUT2D eigenvalue weighted by atomic mass is 10.6. The van der Waals surface area contributed by atoms with Crippen LogP contribution in [0.4, 0.5) is 0 Å². The van der Waals surface area contributed by atoms with E-state index in [1.54, 1.807) is 105 Å². The summed E-state index contributed by atoms with van der Waals surface area (Å²) in [6.07, 6.45) is 0.321. The van der Waals surface area contributed by atoms with Crippen LogP contribution in [0.3, 0.4) is 0 Å². The van der Waals surface area contributed by atoms with E-state index in [-0.39, 0.29) is 18.1 Å². The molecule has 0 saturated carbocycles. The summed E-state index contributed by atoms with van der Waals surface area (Å²) in [4.78, 5) is 0. The molecular formula is C23H72O9Si12. The molecule has 0 rings (SSSR count). The maximum Gasteiger partial charge on any atom is 0.469 e. The zero-order valence-electron chi connectivity index (χ0n) is 39.2. The molecule has 21 heteroatoms. The van der Waals surface area contributed by atoms with Crippen molar-refractivity contribution in [2.45, 2.75) is 148 Å². The van der Waals surface area contributed by atoms with Gasteiger partial charge in [-0.25, -0.2) is 0 Å². The van der Waals surface area contributed by atoms with Gasteiger partial charge in [0.15, 0.2) is 80.1 Å². The van der Waals surface area contributed by atoms with Crippen molar-refractivity contribution in [3.63, 3.8) is 0 Å². The summed E-state index contributed by atoms with van der Waals surface area (Å²) in [7, 11) is -38.6. The molecule has 0 aliphatic heterocycles. The molecule has 0 aromatic heterocycles. The van der Waals surface area contributed by atoms with Gasteiger partial charge in [-0.2, -0.15) is 0 Å². The van der Waals surface area contributed by atoms with Crippen LogP contribution in [0, 0.1) is 0 Å². The Hall–Kier alpha value is 2.24. The Kier molecular flexibility index (Phi) is 16.3. The third kappa shape index (κ3) is 20.7. The Bertz CT molecular complexity index is 1020. The summed E-state index contributed by atoms with van der Waals surface area (Å²) in [5, 5.41) is 0. The first-order valence-electron chi connectivity index (χ1n) is 19.6. The van der Waals surface area contributed by atoms with Crippen LogP contribution in [0.2, 0.25) is 142 Å². The number of hydrogen-bond acceptors (Lipinski definition) is 9. The molecule has 0 fully saturated rings. The summed E-state index contributed by atoms with van der Waals surface area (Å²) in [5.41, 5.74) is 0. The minimum Gasteiger partial charge on any atom is -0.420 e. The molecule has 0 aromatic rings. The van der Waals surface area contributed by atoms with E-state index in [2.05, 4.69) is 0 Å². The lowest BCUT2D eigenvalue weighted by Gasteiger charge is -2.42. The zero-order valence-corrected chi connectivity index (χ0v) is 43.2. The predicted molar refractivity (Wildman–Crippen MR) is 219 cm³/mol. The van der Waals surface area contributed by atoms with Crippen molar-refractivity contribution in [2.24, 2.45) is 0 Å². The van der Waals surface area contributed by atoms with Gasteiger partial charge in [0.05, 0.1) is 0 Å². The van der Waals surface area contributed by atoms with Crippen molar-refractivity contribution in [3.8, 4) is 0 Å². The van der Waals surface area contributed by atoms with E-state index in [0.29, 0.717) is 12.5 Å². The maximum absolute atomic E-state index is 8.95. The predicted octanol–water partition coefficient (Wildman–Crippen LogP) is 5.41. The minimum atomic E-state index is -3.85. The summed E-state index contributed by atoms with van der Waals surface area (Å²) in [5.74, 6) is 0. The van der Waals surface area contributed by atoms with Crippen molar-refractivity contribution in [2.75, 3.05) is 0 Å². The SMILES string of the molecule is [3H][Si](C)(C)O[Si](CCC[Si](O[Si]([3H])(C)C)(O[Si]([3H])(C)C)O[Si](C)(C)CC[Si](O[Si]([3H])(C)C)(O[Si]([3H])(C)C)O[Si]([3H])(C)C)(O[Si]([3H])(C)C)O[Si]([3H])(C)C. The molecule has 0 saturated heterocycles. The Morgan fingerprint density at radius 1 is 0.364 bits per heavy atom. The third-order valence-electron chi connectivity index (χ3n) is 5.31. The Labute approximate surface area is 300 Å².